The summed E-state index contributed by atoms with van der Waals surface area (Å²) in [7, 11) is -4.33. The molecule has 28 heavy (non-hydrogen) atoms. The molecule has 0 aliphatic heterocycles. The number of benzene rings is 1. The minimum Gasteiger partial charge on any atom is -0.471 e. The van der Waals surface area contributed by atoms with Crippen molar-refractivity contribution in [3.8, 4) is 23.3 Å². The van der Waals surface area contributed by atoms with Crippen LogP contribution in [-0.2, 0) is 14.9 Å². The smallest absolute Gasteiger partial charge is 0.471 e. The first kappa shape index (κ1) is 23.6. The van der Waals surface area contributed by atoms with E-state index in [-0.39, 0.29) is 5.56 Å². The Hall–Kier alpha value is -2.45. The summed E-state index contributed by atoms with van der Waals surface area (Å²) in [5.41, 5.74) is -1.35. The Morgan fingerprint density at radius 2 is 1.86 bits per heavy atom. The zero-order chi connectivity index (χ0) is 21.6. The van der Waals surface area contributed by atoms with Crippen LogP contribution in [0.25, 0.3) is 0 Å². The van der Waals surface area contributed by atoms with Crippen molar-refractivity contribution >= 4 is 16.1 Å². The number of ether oxygens (including phenoxy) is 3. The molecule has 1 atom stereocenters. The van der Waals surface area contributed by atoms with Crippen LogP contribution in [0.3, 0.4) is 0 Å². The van der Waals surface area contributed by atoms with Crippen LogP contribution in [0, 0.1) is 11.8 Å². The predicted octanol–water partition coefficient (Wildman–Crippen LogP) is 3.20. The van der Waals surface area contributed by atoms with E-state index >= 15 is 0 Å². The molecule has 0 bridgehead atoms. The van der Waals surface area contributed by atoms with Crippen LogP contribution in [0.5, 0.6) is 11.5 Å². The van der Waals surface area contributed by atoms with Crippen molar-refractivity contribution in [2.24, 2.45) is 0 Å². The van der Waals surface area contributed by atoms with Gasteiger partial charge in [-0.25, -0.2) is 4.79 Å². The number of hydrogen-bond acceptors (Lipinski definition) is 6. The molecule has 156 valence electrons. The second-order valence-corrected chi connectivity index (χ2v) is 7.26. The standard InChI is InChI=1S/C17H19F3O7S/c1-4-8-16(3,5-2)26-14-11-12(6-7-13(14)27-17(18,19)20)15(21)25-9-10-28(22,23)24/h6-7,11H,5,9-10H2,1-3H3,(H,22,23,24). The minimum absolute atomic E-state index is 0.206. The highest BCUT2D eigenvalue weighted by Gasteiger charge is 2.34. The lowest BCUT2D eigenvalue weighted by Gasteiger charge is -2.25. The molecule has 0 spiro atoms. The maximum absolute atomic E-state index is 12.6. The van der Waals surface area contributed by atoms with Crippen molar-refractivity contribution in [2.45, 2.75) is 39.2 Å². The lowest BCUT2D eigenvalue weighted by Crippen LogP contribution is -2.30. The van der Waals surface area contributed by atoms with Gasteiger partial charge >= 0.3 is 12.3 Å². The summed E-state index contributed by atoms with van der Waals surface area (Å²) in [6, 6.07) is 2.85. The normalized spacial score (nSPS) is 13.7. The summed E-state index contributed by atoms with van der Waals surface area (Å²) in [5, 5.41) is 0. The summed E-state index contributed by atoms with van der Waals surface area (Å²) in [6.07, 6.45) is -4.67. The molecule has 0 amide bonds. The highest BCUT2D eigenvalue weighted by atomic mass is 32.2. The Labute approximate surface area is 160 Å². The highest BCUT2D eigenvalue weighted by Crippen LogP contribution is 2.36. The maximum Gasteiger partial charge on any atom is 0.573 e. The van der Waals surface area contributed by atoms with Crippen molar-refractivity contribution in [3.63, 3.8) is 0 Å². The van der Waals surface area contributed by atoms with Crippen LogP contribution in [0.15, 0.2) is 18.2 Å². The molecule has 0 aliphatic carbocycles. The molecule has 1 N–H and O–H groups in total. The van der Waals surface area contributed by atoms with Gasteiger partial charge in [-0.1, -0.05) is 12.8 Å². The number of rotatable bonds is 8. The van der Waals surface area contributed by atoms with Crippen LogP contribution in [0.1, 0.15) is 37.6 Å². The second kappa shape index (κ2) is 9.16. The number of hydrogen-bond donors (Lipinski definition) is 1. The van der Waals surface area contributed by atoms with Gasteiger partial charge in [-0.2, -0.15) is 8.42 Å². The van der Waals surface area contributed by atoms with Crippen molar-refractivity contribution < 1.29 is 45.1 Å². The van der Waals surface area contributed by atoms with Crippen LogP contribution in [0.2, 0.25) is 0 Å². The van der Waals surface area contributed by atoms with Gasteiger partial charge in [0.15, 0.2) is 17.1 Å². The molecule has 0 aromatic heterocycles. The zero-order valence-electron chi connectivity index (χ0n) is 15.3. The summed E-state index contributed by atoms with van der Waals surface area (Å²) in [5.74, 6) is 2.42. The maximum atomic E-state index is 12.6. The van der Waals surface area contributed by atoms with E-state index in [4.69, 9.17) is 9.29 Å². The molecule has 1 aromatic carbocycles. The molecular formula is C17H19F3O7S. The highest BCUT2D eigenvalue weighted by molar-refractivity contribution is 7.85. The van der Waals surface area contributed by atoms with Crippen LogP contribution in [-0.4, -0.2) is 43.3 Å². The third-order valence-electron chi connectivity index (χ3n) is 3.38. The molecule has 0 saturated heterocycles. The van der Waals surface area contributed by atoms with Crippen LogP contribution < -0.4 is 9.47 Å². The summed E-state index contributed by atoms with van der Waals surface area (Å²) >= 11 is 0. The van der Waals surface area contributed by atoms with Gasteiger partial charge in [0.2, 0.25) is 0 Å². The van der Waals surface area contributed by atoms with Gasteiger partial charge in [-0.05, 0) is 38.5 Å². The fourth-order valence-corrected chi connectivity index (χ4v) is 2.23. The van der Waals surface area contributed by atoms with Gasteiger partial charge < -0.3 is 14.2 Å². The first-order chi connectivity index (χ1) is 12.8. The van der Waals surface area contributed by atoms with E-state index in [1.807, 2.05) is 0 Å². The fraction of sp³-hybridized carbons (Fsp3) is 0.471. The zero-order valence-corrected chi connectivity index (χ0v) is 16.1. The Bertz CT molecular complexity index is 869. The van der Waals surface area contributed by atoms with Crippen LogP contribution in [0.4, 0.5) is 13.2 Å². The summed E-state index contributed by atoms with van der Waals surface area (Å²) < 4.78 is 82.0. The second-order valence-electron chi connectivity index (χ2n) is 5.69. The number of carbonyl (C=O) groups is 1. The van der Waals surface area contributed by atoms with Gasteiger partial charge in [-0.15, -0.1) is 19.1 Å². The number of halogens is 3. The monoisotopic (exact) mass is 424 g/mol. The Morgan fingerprint density at radius 3 is 2.36 bits per heavy atom. The van der Waals surface area contributed by atoms with Crippen LogP contribution >= 0.6 is 0 Å². The molecule has 11 heteroatoms. The Balaban J connectivity index is 3.18. The SMILES string of the molecule is CC#CC(C)(CC)Oc1cc(C(=O)OCCS(=O)(=O)O)ccc1OC(F)(F)F. The van der Waals surface area contributed by atoms with Crippen molar-refractivity contribution in [2.75, 3.05) is 12.4 Å². The summed E-state index contributed by atoms with van der Waals surface area (Å²) in [6.45, 7) is 4.16. The van der Waals surface area contributed by atoms with E-state index in [0.29, 0.717) is 6.42 Å². The van der Waals surface area contributed by atoms with E-state index in [0.717, 1.165) is 18.2 Å². The molecule has 0 radical (unpaired) electrons. The Kier molecular flexibility index (Phi) is 7.72. The average Bonchev–Trinajstić information content (AvgIpc) is 2.54. The third-order valence-corrected chi connectivity index (χ3v) is 4.06. The van der Waals surface area contributed by atoms with E-state index in [1.54, 1.807) is 13.8 Å². The molecule has 7 nitrogen and oxygen atoms in total. The molecule has 0 fully saturated rings. The number of alkyl halides is 3. The molecule has 1 rings (SSSR count). The van der Waals surface area contributed by atoms with E-state index in [1.165, 1.54) is 6.92 Å². The average molecular weight is 424 g/mol. The van der Waals surface area contributed by atoms with Gasteiger partial charge in [0.05, 0.1) is 5.56 Å². The van der Waals surface area contributed by atoms with Gasteiger partial charge in [0.25, 0.3) is 10.1 Å². The van der Waals surface area contributed by atoms with E-state index < -0.39 is 51.9 Å². The fourth-order valence-electron chi connectivity index (χ4n) is 1.94. The van der Waals surface area contributed by atoms with Crippen molar-refractivity contribution in [1.82, 2.24) is 0 Å². The lowest BCUT2D eigenvalue weighted by molar-refractivity contribution is -0.275. The summed E-state index contributed by atoms with van der Waals surface area (Å²) in [4.78, 5) is 12.0. The Morgan fingerprint density at radius 1 is 1.21 bits per heavy atom. The first-order valence-corrected chi connectivity index (χ1v) is 9.54. The number of carbonyl (C=O) groups excluding carboxylic acids is 1. The van der Waals surface area contributed by atoms with Gasteiger partial charge in [0.1, 0.15) is 12.4 Å². The predicted molar refractivity (Wildman–Crippen MR) is 92.6 cm³/mol. The van der Waals surface area contributed by atoms with Crippen molar-refractivity contribution in [1.29, 1.82) is 0 Å². The first-order valence-electron chi connectivity index (χ1n) is 7.93. The van der Waals surface area contributed by atoms with Crippen molar-refractivity contribution in [3.05, 3.63) is 23.8 Å². The topological polar surface area (TPSA) is 99.1 Å². The lowest BCUT2D eigenvalue weighted by atomic mass is 10.0. The van der Waals surface area contributed by atoms with Gasteiger partial charge in [0, 0.05) is 0 Å². The largest absolute Gasteiger partial charge is 0.573 e. The molecule has 0 aliphatic rings. The van der Waals surface area contributed by atoms with E-state index in [9.17, 15) is 26.4 Å². The quantitative estimate of drug-likeness (QED) is 0.389. The molecule has 1 aromatic rings. The molecule has 0 heterocycles. The molecular weight excluding hydrogens is 405 g/mol. The molecule has 0 saturated carbocycles. The third kappa shape index (κ3) is 8.06. The number of esters is 1. The van der Waals surface area contributed by atoms with E-state index in [2.05, 4.69) is 21.3 Å². The minimum atomic E-state index is -4.99. The molecule has 1 unspecified atom stereocenters. The van der Waals surface area contributed by atoms with Gasteiger partial charge in [-0.3, -0.25) is 4.55 Å².